The number of carbonyl (C=O) groups excluding carboxylic acids is 1. The molecular weight excluding hydrogens is 1040 g/mol. The minimum absolute atomic E-state index is 0.0102. The number of likely N-dealkylation sites (N-methyl/N-ethyl adjacent to an activating group) is 1. The Bertz CT molecular complexity index is 3360. The molecule has 0 amide bonds. The van der Waals surface area contributed by atoms with Gasteiger partial charge in [0.05, 0.1) is 36.2 Å². The van der Waals surface area contributed by atoms with Crippen LogP contribution in [0.25, 0.3) is 11.0 Å². The number of phenolic OH excluding ortho intramolecular Hbond substituents is 2. The van der Waals surface area contributed by atoms with Crippen LogP contribution in [0, 0.1) is 23.7 Å². The average Bonchev–Trinajstić information content (AvgIpc) is 3.97. The van der Waals surface area contributed by atoms with Crippen LogP contribution < -0.4 is 31.8 Å². The predicted molar refractivity (Wildman–Crippen MR) is 311 cm³/mol. The summed E-state index contributed by atoms with van der Waals surface area (Å²) in [5, 5.41) is 91.7. The van der Waals surface area contributed by atoms with Crippen molar-refractivity contribution < 1.29 is 54.4 Å². The fraction of sp³-hybridized carbons (Fsp3) is 0.515. The first-order chi connectivity index (χ1) is 39.4. The molecule has 0 radical (unpaired) electrons. The van der Waals surface area contributed by atoms with E-state index in [0.717, 1.165) is 46.0 Å². The van der Waals surface area contributed by atoms with E-state index < -0.39 is 77.6 Å². The minimum Gasteiger partial charge on any atom is -0.508 e. The Morgan fingerprint density at radius 1 is 1.02 bits per heavy atom. The summed E-state index contributed by atoms with van der Waals surface area (Å²) in [7, 11) is 0. The first-order valence-corrected chi connectivity index (χ1v) is 29.8. The van der Waals surface area contributed by atoms with Gasteiger partial charge in [0.25, 0.3) is 0 Å². The second-order valence-electron chi connectivity index (χ2n) is 24.9. The number of fused-ring (bicyclic) bond motifs is 9. The zero-order chi connectivity index (χ0) is 57.9. The highest BCUT2D eigenvalue weighted by Crippen LogP contribution is 2.61. The number of esters is 1. The lowest BCUT2D eigenvalue weighted by Gasteiger charge is -2.52. The van der Waals surface area contributed by atoms with Crippen LogP contribution in [0.5, 0.6) is 17.2 Å². The lowest BCUT2D eigenvalue weighted by Crippen LogP contribution is -2.59. The summed E-state index contributed by atoms with van der Waals surface area (Å²) in [5.41, 5.74) is 11.4. The van der Waals surface area contributed by atoms with E-state index in [2.05, 4.69) is 55.1 Å². The zero-order valence-electron chi connectivity index (χ0n) is 47.8. The quantitative estimate of drug-likeness (QED) is 0.0421. The second-order valence-corrected chi connectivity index (χ2v) is 24.9. The number of nitrogens with two attached hydrogens (primary N) is 1. The molecule has 4 bridgehead atoms. The molecule has 3 aliphatic carbocycles. The minimum atomic E-state index is -1.60. The van der Waals surface area contributed by atoms with Gasteiger partial charge >= 0.3 is 5.97 Å². The van der Waals surface area contributed by atoms with Gasteiger partial charge in [0.15, 0.2) is 5.43 Å². The molecule has 2 fully saturated rings. The molecule has 82 heavy (non-hydrogen) atoms. The molecule has 0 saturated heterocycles. The summed E-state index contributed by atoms with van der Waals surface area (Å²) in [4.78, 5) is 30.1. The van der Waals surface area contributed by atoms with Crippen LogP contribution in [0.3, 0.4) is 0 Å². The Morgan fingerprint density at radius 2 is 1.84 bits per heavy atom. The van der Waals surface area contributed by atoms with Gasteiger partial charge in [-0.1, -0.05) is 63.3 Å². The predicted octanol–water partition coefficient (Wildman–Crippen LogP) is 8.07. The van der Waals surface area contributed by atoms with Crippen molar-refractivity contribution in [2.45, 2.75) is 172 Å². The summed E-state index contributed by atoms with van der Waals surface area (Å²) in [6.07, 6.45) is 10.9. The Hall–Kier alpha value is -6.40. The van der Waals surface area contributed by atoms with Crippen LogP contribution in [0.2, 0.25) is 0 Å². The normalized spacial score (nSPS) is 29.4. The molecule has 12 atom stereocenters. The molecule has 4 aliphatic heterocycles. The molecule has 16 heteroatoms. The number of aryl methyl sites for hydroxylation is 1. The van der Waals surface area contributed by atoms with Gasteiger partial charge in [0.2, 0.25) is 0 Å². The maximum Gasteiger partial charge on any atom is 0.337 e. The Morgan fingerprint density at radius 3 is 2.60 bits per heavy atom. The van der Waals surface area contributed by atoms with Crippen LogP contribution in [-0.4, -0.2) is 91.0 Å². The third-order valence-electron chi connectivity index (χ3n) is 19.5. The number of benzene rings is 3. The van der Waals surface area contributed by atoms with Crippen LogP contribution in [0.4, 0.5) is 0 Å². The maximum atomic E-state index is 15.5. The van der Waals surface area contributed by atoms with Crippen molar-refractivity contribution in [1.29, 1.82) is 0 Å². The van der Waals surface area contributed by atoms with Gasteiger partial charge in [-0.15, -0.1) is 0 Å². The first kappa shape index (κ1) is 57.4. The highest BCUT2D eigenvalue weighted by atomic mass is 16.6. The van der Waals surface area contributed by atoms with Crippen molar-refractivity contribution in [2.75, 3.05) is 19.7 Å². The molecule has 3 aromatic carbocycles. The van der Waals surface area contributed by atoms with Crippen molar-refractivity contribution in [3.8, 4) is 17.2 Å². The van der Waals surface area contributed by atoms with E-state index in [4.69, 9.17) is 19.6 Å². The van der Waals surface area contributed by atoms with Crippen LogP contribution in [-0.2, 0) is 29.0 Å². The number of aromatic hydroxyl groups is 2. The number of carbonyl (C=O) groups is 1. The smallest absolute Gasteiger partial charge is 0.337 e. The van der Waals surface area contributed by atoms with Gasteiger partial charge in [0, 0.05) is 54.1 Å². The van der Waals surface area contributed by atoms with Crippen molar-refractivity contribution in [2.24, 2.45) is 29.4 Å². The fourth-order valence-electron chi connectivity index (χ4n) is 15.6. The lowest BCUT2D eigenvalue weighted by molar-refractivity contribution is -0.171. The third kappa shape index (κ3) is 10.3. The van der Waals surface area contributed by atoms with Gasteiger partial charge in [-0.3, -0.25) is 10.1 Å². The number of aliphatic hydroxyl groups excluding tert-OH is 4. The second kappa shape index (κ2) is 23.0. The van der Waals surface area contributed by atoms with Gasteiger partial charge in [-0.25, -0.2) is 4.79 Å². The maximum absolute atomic E-state index is 15.5. The van der Waals surface area contributed by atoms with E-state index >= 15 is 4.79 Å². The summed E-state index contributed by atoms with van der Waals surface area (Å²) < 4.78 is 21.4. The number of rotatable bonds is 14. The number of phenols is 2. The van der Waals surface area contributed by atoms with Gasteiger partial charge in [0.1, 0.15) is 58.1 Å². The van der Waals surface area contributed by atoms with E-state index in [1.165, 1.54) is 5.57 Å². The molecule has 5 heterocycles. The summed E-state index contributed by atoms with van der Waals surface area (Å²) in [5.74, 6) is -3.00. The van der Waals surface area contributed by atoms with E-state index in [9.17, 15) is 40.5 Å². The standard InChI is InChI=1S/C66H82N4O12/c1-6-50(66(79)21-19-39(30-66)36-9-8-10-38(24-36)52(75)18-15-41(73)23-34(3)4)64(78)81-54-29-48-60(77)58-53(76)28-43(32-71)80-62(58)59-56-46-20-22-69-63(67)57(46)45(17-12-35-11-14-42(74)27-47(35)49(56)33-72)44-16-13-37-26-55(68-7-2)70-31-40(37)25-51(44)65(54,5)82-61(48)59/h6,8-11,14,20,24,26-28,31,34,39,41,44-45,49,51-52,54-56,68-75,77,79H,7,12-13,15-19,21-23,25,29-30,32-33,67H2,1-5H3/b50-6+/t39-,41-,44+,45-,49+,51-,52-,54+,55?,56-,65-,66-/m0/s1. The molecule has 0 spiro atoms. The summed E-state index contributed by atoms with van der Waals surface area (Å²) in [6.45, 7) is 9.91. The molecule has 2 saturated carbocycles. The largest absolute Gasteiger partial charge is 0.508 e. The van der Waals surface area contributed by atoms with Crippen LogP contribution >= 0.6 is 0 Å². The summed E-state index contributed by atoms with van der Waals surface area (Å²) in [6, 6.07) is 14.1. The highest BCUT2D eigenvalue weighted by Gasteiger charge is 2.58. The molecule has 12 N–H and O–H groups in total. The van der Waals surface area contributed by atoms with Crippen molar-refractivity contribution in [3.05, 3.63) is 156 Å². The lowest BCUT2D eigenvalue weighted by atomic mass is 9.61. The Balaban J connectivity index is 1.06. The molecule has 1 aromatic heterocycles. The first-order valence-electron chi connectivity index (χ1n) is 29.8. The van der Waals surface area contributed by atoms with Gasteiger partial charge < -0.3 is 66.0 Å². The van der Waals surface area contributed by atoms with E-state index in [-0.39, 0.29) is 82.5 Å². The highest BCUT2D eigenvalue weighted by molar-refractivity contribution is 5.93. The SMILES string of the molecule is C/C=C(\C(=O)O[C@@H]1Cc2c3c(c4oc(CO)cc(=O)c4c2O)[C@H]2C4=CCNC(N)=C4[C@@H](CCc4ccc(O)cc4[C@H]2CO)[C@H]2CCC4=CC(NCC)NC=C4C[C@@H]2[C@]1(C)O3)[C@]1(O)CC[C@H](c2cccc([C@@H](O)CC[C@H](O)CC(C)C)c2)C1. The van der Waals surface area contributed by atoms with E-state index in [1.54, 1.807) is 25.1 Å². The number of allylic oxidation sites excluding steroid dienone is 5. The van der Waals surface area contributed by atoms with Crippen molar-refractivity contribution in [3.63, 3.8) is 0 Å². The molecule has 7 aliphatic rings. The molecular formula is C66H82N4O12. The number of nitrogens with one attached hydrogen (secondary N) is 3. The van der Waals surface area contributed by atoms with E-state index in [0.29, 0.717) is 87.2 Å². The number of aliphatic hydroxyl groups is 5. The summed E-state index contributed by atoms with van der Waals surface area (Å²) >= 11 is 0. The Labute approximate surface area is 479 Å². The number of hydrogen-bond donors (Lipinski definition) is 11. The topological polar surface area (TPSA) is 269 Å². The zero-order valence-corrected chi connectivity index (χ0v) is 47.8. The number of dihydropyridines is 2. The fourth-order valence-corrected chi connectivity index (χ4v) is 15.6. The molecule has 1 unspecified atom stereocenters. The number of hydrogen-bond acceptors (Lipinski definition) is 16. The number of ether oxygens (including phenoxy) is 2. The molecule has 438 valence electrons. The van der Waals surface area contributed by atoms with Gasteiger partial charge in [-0.2, -0.15) is 0 Å². The van der Waals surface area contributed by atoms with Crippen LogP contribution in [0.15, 0.2) is 116 Å². The third-order valence-corrected chi connectivity index (χ3v) is 19.5. The van der Waals surface area contributed by atoms with Crippen molar-refractivity contribution in [1.82, 2.24) is 16.0 Å². The monoisotopic (exact) mass is 1120 g/mol. The molecule has 11 rings (SSSR count). The molecule has 16 nitrogen and oxygen atoms in total. The van der Waals surface area contributed by atoms with E-state index in [1.807, 2.05) is 37.3 Å². The van der Waals surface area contributed by atoms with Crippen LogP contribution in [0.1, 0.15) is 162 Å². The van der Waals surface area contributed by atoms with Crippen molar-refractivity contribution >= 4 is 16.9 Å². The average molecular weight is 1120 g/mol. The van der Waals surface area contributed by atoms with Gasteiger partial charge in [-0.05, 0) is 177 Å². The Kier molecular flexibility index (Phi) is 16.1. The molecule has 4 aromatic rings.